The summed E-state index contributed by atoms with van der Waals surface area (Å²) in [7, 11) is -4.32. The van der Waals surface area contributed by atoms with E-state index in [2.05, 4.69) is 0 Å². The van der Waals surface area contributed by atoms with E-state index < -0.39 is 26.7 Å². The van der Waals surface area contributed by atoms with Gasteiger partial charge in [0, 0.05) is 31.7 Å². The average molecular weight is 412 g/mol. The molecule has 9 heteroatoms. The lowest BCUT2D eigenvalue weighted by molar-refractivity contribution is -0.139. The molecule has 1 fully saturated rings. The van der Waals surface area contributed by atoms with Crippen LogP contribution in [0.3, 0.4) is 0 Å². The number of alkyl halides is 3. The Hall–Kier alpha value is -2.39. The van der Waals surface area contributed by atoms with E-state index >= 15 is 0 Å². The number of sulfonamides is 1. The second kappa shape index (κ2) is 7.56. The van der Waals surface area contributed by atoms with E-state index in [4.69, 9.17) is 0 Å². The summed E-state index contributed by atoms with van der Waals surface area (Å²) in [6, 6.07) is 11.2. The number of carbonyl (C=O) groups excluding carboxylic acids is 1. The molecule has 0 spiro atoms. The molecule has 0 bridgehead atoms. The summed E-state index contributed by atoms with van der Waals surface area (Å²) in [6.07, 6.45) is -4.77. The number of hydrogen-bond acceptors (Lipinski definition) is 3. The fourth-order valence-corrected chi connectivity index (χ4v) is 4.79. The minimum absolute atomic E-state index is 0.0634. The molecule has 2 aromatic carbocycles. The third kappa shape index (κ3) is 4.05. The molecule has 3 rings (SSSR count). The molecule has 0 unspecified atom stereocenters. The van der Waals surface area contributed by atoms with Crippen molar-refractivity contribution >= 4 is 15.9 Å². The zero-order valence-electron chi connectivity index (χ0n) is 15.1. The van der Waals surface area contributed by atoms with Gasteiger partial charge in [0.15, 0.2) is 0 Å². The Labute approximate surface area is 161 Å². The Morgan fingerprint density at radius 1 is 0.964 bits per heavy atom. The van der Waals surface area contributed by atoms with Gasteiger partial charge >= 0.3 is 6.18 Å². The van der Waals surface area contributed by atoms with Crippen molar-refractivity contribution in [1.82, 2.24) is 9.21 Å². The van der Waals surface area contributed by atoms with Gasteiger partial charge in [-0.3, -0.25) is 4.79 Å². The fraction of sp³-hybridized carbons (Fsp3) is 0.316. The maximum absolute atomic E-state index is 13.2. The van der Waals surface area contributed by atoms with Gasteiger partial charge in [-0.25, -0.2) is 8.42 Å². The van der Waals surface area contributed by atoms with Crippen LogP contribution in [0.5, 0.6) is 0 Å². The van der Waals surface area contributed by atoms with E-state index in [9.17, 15) is 26.4 Å². The molecule has 1 aliphatic rings. The van der Waals surface area contributed by atoms with Crippen LogP contribution >= 0.6 is 0 Å². The van der Waals surface area contributed by atoms with Crippen LogP contribution in [0.2, 0.25) is 0 Å². The minimum atomic E-state index is -4.77. The van der Waals surface area contributed by atoms with E-state index in [-0.39, 0.29) is 32.1 Å². The van der Waals surface area contributed by atoms with Gasteiger partial charge in [0.1, 0.15) is 0 Å². The summed E-state index contributed by atoms with van der Waals surface area (Å²) in [5, 5.41) is 0. The molecule has 1 saturated heterocycles. The van der Waals surface area contributed by atoms with E-state index in [0.717, 1.165) is 28.1 Å². The quantitative estimate of drug-likeness (QED) is 0.778. The highest BCUT2D eigenvalue weighted by atomic mass is 32.2. The monoisotopic (exact) mass is 412 g/mol. The van der Waals surface area contributed by atoms with Gasteiger partial charge in [0.2, 0.25) is 10.0 Å². The standard InChI is InChI=1S/C19H19F3N2O3S/c1-14-5-4-6-15(13-14)18(25)23-9-11-24(12-10-23)28(26,27)17-8-3-2-7-16(17)19(20,21)22/h2-8,13H,9-12H2,1H3. The van der Waals surface area contributed by atoms with Gasteiger partial charge in [0.05, 0.1) is 10.5 Å². The van der Waals surface area contributed by atoms with Crippen molar-refractivity contribution in [2.75, 3.05) is 26.2 Å². The summed E-state index contributed by atoms with van der Waals surface area (Å²) >= 11 is 0. The zero-order valence-corrected chi connectivity index (χ0v) is 15.9. The molecular formula is C19H19F3N2O3S. The van der Waals surface area contributed by atoms with Gasteiger partial charge < -0.3 is 4.90 Å². The Bertz CT molecular complexity index is 982. The molecule has 0 saturated carbocycles. The third-order valence-corrected chi connectivity index (χ3v) is 6.56. The first-order valence-electron chi connectivity index (χ1n) is 8.63. The van der Waals surface area contributed by atoms with Crippen LogP contribution in [-0.4, -0.2) is 49.7 Å². The fourth-order valence-electron chi connectivity index (χ4n) is 3.16. The Morgan fingerprint density at radius 3 is 2.21 bits per heavy atom. The number of amides is 1. The van der Waals surface area contributed by atoms with Crippen LogP contribution in [0.1, 0.15) is 21.5 Å². The molecule has 150 valence electrons. The van der Waals surface area contributed by atoms with E-state index in [0.29, 0.717) is 5.56 Å². The topological polar surface area (TPSA) is 57.7 Å². The highest BCUT2D eigenvalue weighted by Crippen LogP contribution is 2.35. The lowest BCUT2D eigenvalue weighted by Gasteiger charge is -2.34. The summed E-state index contributed by atoms with van der Waals surface area (Å²) in [6.45, 7) is 1.96. The number of hydrogen-bond donors (Lipinski definition) is 0. The first kappa shape index (κ1) is 20.3. The third-order valence-electron chi connectivity index (χ3n) is 4.60. The van der Waals surface area contributed by atoms with Crippen molar-refractivity contribution in [3.05, 3.63) is 65.2 Å². The SMILES string of the molecule is Cc1cccc(C(=O)N2CCN(S(=O)(=O)c3ccccc3C(F)(F)F)CC2)c1. The lowest BCUT2D eigenvalue weighted by Crippen LogP contribution is -2.50. The number of benzene rings is 2. The van der Waals surface area contributed by atoms with Crippen molar-refractivity contribution in [3.8, 4) is 0 Å². The van der Waals surface area contributed by atoms with E-state index in [1.165, 1.54) is 11.0 Å². The van der Waals surface area contributed by atoms with Crippen LogP contribution in [0, 0.1) is 6.92 Å². The number of halogens is 3. The second-order valence-electron chi connectivity index (χ2n) is 6.56. The highest BCUT2D eigenvalue weighted by molar-refractivity contribution is 7.89. The molecule has 0 aliphatic carbocycles. The van der Waals surface area contributed by atoms with Crippen LogP contribution in [0.25, 0.3) is 0 Å². The Balaban J connectivity index is 1.77. The summed E-state index contributed by atoms with van der Waals surface area (Å²) < 4.78 is 66.1. The molecule has 28 heavy (non-hydrogen) atoms. The first-order valence-corrected chi connectivity index (χ1v) is 10.1. The van der Waals surface area contributed by atoms with Crippen molar-refractivity contribution in [1.29, 1.82) is 0 Å². The van der Waals surface area contributed by atoms with Crippen molar-refractivity contribution in [2.24, 2.45) is 0 Å². The highest BCUT2D eigenvalue weighted by Gasteiger charge is 2.39. The van der Waals surface area contributed by atoms with Crippen molar-refractivity contribution in [2.45, 2.75) is 18.0 Å². The smallest absolute Gasteiger partial charge is 0.336 e. The Morgan fingerprint density at radius 2 is 1.61 bits per heavy atom. The lowest BCUT2D eigenvalue weighted by atomic mass is 10.1. The first-order chi connectivity index (χ1) is 13.1. The molecule has 1 aliphatic heterocycles. The summed E-state index contributed by atoms with van der Waals surface area (Å²) in [5.41, 5.74) is 0.239. The largest absolute Gasteiger partial charge is 0.417 e. The van der Waals surface area contributed by atoms with E-state index in [1.54, 1.807) is 18.2 Å². The zero-order chi connectivity index (χ0) is 20.5. The number of nitrogens with zero attached hydrogens (tertiary/aromatic N) is 2. The maximum atomic E-state index is 13.2. The minimum Gasteiger partial charge on any atom is -0.336 e. The average Bonchev–Trinajstić information content (AvgIpc) is 2.67. The molecule has 1 heterocycles. The molecule has 2 aromatic rings. The van der Waals surface area contributed by atoms with E-state index in [1.807, 2.05) is 13.0 Å². The van der Waals surface area contributed by atoms with Gasteiger partial charge in [-0.1, -0.05) is 29.8 Å². The van der Waals surface area contributed by atoms with Gasteiger partial charge in [-0.2, -0.15) is 17.5 Å². The van der Waals surface area contributed by atoms with Gasteiger partial charge in [-0.15, -0.1) is 0 Å². The molecular weight excluding hydrogens is 393 g/mol. The van der Waals surface area contributed by atoms with Crippen LogP contribution in [0.15, 0.2) is 53.4 Å². The molecule has 0 aromatic heterocycles. The molecule has 0 atom stereocenters. The maximum Gasteiger partial charge on any atom is 0.417 e. The van der Waals surface area contributed by atoms with Gasteiger partial charge in [-0.05, 0) is 31.2 Å². The number of piperazine rings is 1. The normalized spacial score (nSPS) is 16.2. The Kier molecular flexibility index (Phi) is 5.49. The molecule has 0 radical (unpaired) electrons. The predicted octanol–water partition coefficient (Wildman–Crippen LogP) is 3.16. The number of carbonyl (C=O) groups is 1. The predicted molar refractivity (Wildman–Crippen MR) is 97.3 cm³/mol. The molecule has 0 N–H and O–H groups in total. The van der Waals surface area contributed by atoms with Gasteiger partial charge in [0.25, 0.3) is 5.91 Å². The van der Waals surface area contributed by atoms with Crippen molar-refractivity contribution in [3.63, 3.8) is 0 Å². The molecule has 1 amide bonds. The van der Waals surface area contributed by atoms with Crippen LogP contribution in [0.4, 0.5) is 13.2 Å². The second-order valence-corrected chi connectivity index (χ2v) is 8.47. The van der Waals surface area contributed by atoms with Crippen LogP contribution in [-0.2, 0) is 16.2 Å². The molecule has 5 nitrogen and oxygen atoms in total. The number of rotatable bonds is 3. The van der Waals surface area contributed by atoms with Crippen LogP contribution < -0.4 is 0 Å². The summed E-state index contributed by atoms with van der Waals surface area (Å²) in [4.78, 5) is 13.3. The summed E-state index contributed by atoms with van der Waals surface area (Å²) in [5.74, 6) is -0.226. The van der Waals surface area contributed by atoms with Crippen molar-refractivity contribution < 1.29 is 26.4 Å². The number of aryl methyl sites for hydroxylation is 1.